The van der Waals surface area contributed by atoms with Crippen LogP contribution in [0.25, 0.3) is 0 Å². The van der Waals surface area contributed by atoms with Gasteiger partial charge in [-0.05, 0) is 19.5 Å². The summed E-state index contributed by atoms with van der Waals surface area (Å²) in [7, 11) is -1.87. The number of nitrogens with zero attached hydrogens (tertiary/aromatic N) is 1. The third kappa shape index (κ3) is 2.13. The van der Waals surface area contributed by atoms with E-state index in [-0.39, 0.29) is 12.5 Å². The number of hydrogen-bond acceptors (Lipinski definition) is 3. The standard InChI is InChI=1S/C8H14N2O3S/c1-3-8(11)10-5-4-7(6-10)14(12,13)9-2/h3,7,9H,1,4-6H2,2H3/t7-/m1/s1. The molecule has 1 atom stereocenters. The predicted octanol–water partition coefficient (Wildman–Crippen LogP) is -0.677. The Balaban J connectivity index is 2.67. The van der Waals surface area contributed by atoms with Crippen molar-refractivity contribution in [2.45, 2.75) is 11.7 Å². The molecule has 0 aromatic rings. The van der Waals surface area contributed by atoms with Gasteiger partial charge in [-0.25, -0.2) is 13.1 Å². The second-order valence-corrected chi connectivity index (χ2v) is 5.31. The molecule has 0 aliphatic carbocycles. The van der Waals surface area contributed by atoms with Crippen molar-refractivity contribution in [3.05, 3.63) is 12.7 Å². The minimum absolute atomic E-state index is 0.209. The Labute approximate surface area is 83.8 Å². The fourth-order valence-corrected chi connectivity index (χ4v) is 2.60. The quantitative estimate of drug-likeness (QED) is 0.638. The Kier molecular flexibility index (Phi) is 3.28. The first-order chi connectivity index (χ1) is 6.51. The smallest absolute Gasteiger partial charge is 0.245 e. The molecule has 0 unspecified atom stereocenters. The van der Waals surface area contributed by atoms with Crippen molar-refractivity contribution < 1.29 is 13.2 Å². The molecule has 1 saturated heterocycles. The van der Waals surface area contributed by atoms with Crippen molar-refractivity contribution in [1.82, 2.24) is 9.62 Å². The lowest BCUT2D eigenvalue weighted by Gasteiger charge is -2.13. The fourth-order valence-electron chi connectivity index (χ4n) is 1.48. The maximum Gasteiger partial charge on any atom is 0.245 e. The molecule has 0 saturated carbocycles. The zero-order valence-corrected chi connectivity index (χ0v) is 8.88. The molecule has 14 heavy (non-hydrogen) atoms. The van der Waals surface area contributed by atoms with E-state index < -0.39 is 15.3 Å². The summed E-state index contributed by atoms with van der Waals surface area (Å²) in [5, 5.41) is -0.489. The van der Waals surface area contributed by atoms with Crippen molar-refractivity contribution in [1.29, 1.82) is 0 Å². The van der Waals surface area contributed by atoms with Crippen LogP contribution in [-0.2, 0) is 14.8 Å². The Morgan fingerprint density at radius 3 is 2.79 bits per heavy atom. The van der Waals surface area contributed by atoms with Crippen LogP contribution < -0.4 is 4.72 Å². The van der Waals surface area contributed by atoms with E-state index in [1.54, 1.807) is 0 Å². The topological polar surface area (TPSA) is 66.5 Å². The summed E-state index contributed by atoms with van der Waals surface area (Å²) in [5.41, 5.74) is 0. The molecular formula is C8H14N2O3S. The summed E-state index contributed by atoms with van der Waals surface area (Å²) in [5.74, 6) is -0.209. The van der Waals surface area contributed by atoms with Crippen molar-refractivity contribution in [2.24, 2.45) is 0 Å². The molecule has 0 bridgehead atoms. The number of likely N-dealkylation sites (tertiary alicyclic amines) is 1. The number of amides is 1. The number of rotatable bonds is 3. The third-order valence-corrected chi connectivity index (χ3v) is 4.19. The largest absolute Gasteiger partial charge is 0.338 e. The van der Waals surface area contributed by atoms with Crippen LogP contribution in [0.5, 0.6) is 0 Å². The summed E-state index contributed by atoms with van der Waals surface area (Å²) >= 11 is 0. The van der Waals surface area contributed by atoms with Gasteiger partial charge in [0.05, 0.1) is 5.25 Å². The van der Waals surface area contributed by atoms with E-state index in [0.717, 1.165) is 0 Å². The number of hydrogen-bond donors (Lipinski definition) is 1. The zero-order valence-electron chi connectivity index (χ0n) is 8.06. The Morgan fingerprint density at radius 1 is 1.64 bits per heavy atom. The van der Waals surface area contributed by atoms with Gasteiger partial charge < -0.3 is 4.90 Å². The summed E-state index contributed by atoms with van der Waals surface area (Å²) in [4.78, 5) is 12.7. The van der Waals surface area contributed by atoms with E-state index in [2.05, 4.69) is 11.3 Å². The van der Waals surface area contributed by atoms with Crippen molar-refractivity contribution in [3.63, 3.8) is 0 Å². The number of nitrogens with one attached hydrogen (secondary N) is 1. The molecule has 1 fully saturated rings. The predicted molar refractivity (Wildman–Crippen MR) is 53.2 cm³/mol. The van der Waals surface area contributed by atoms with Gasteiger partial charge in [-0.3, -0.25) is 4.79 Å². The van der Waals surface area contributed by atoms with E-state index in [0.29, 0.717) is 13.0 Å². The summed E-state index contributed by atoms with van der Waals surface area (Å²) in [6.07, 6.45) is 1.69. The SMILES string of the molecule is C=CC(=O)N1CC[C@@H](S(=O)(=O)NC)C1. The van der Waals surface area contributed by atoms with Gasteiger partial charge in [0.2, 0.25) is 15.9 Å². The van der Waals surface area contributed by atoms with Gasteiger partial charge in [-0.15, -0.1) is 0 Å². The Hall–Kier alpha value is -0.880. The molecule has 0 aromatic heterocycles. The zero-order chi connectivity index (χ0) is 10.8. The summed E-state index contributed by atoms with van der Waals surface area (Å²) < 4.78 is 25.0. The molecular weight excluding hydrogens is 204 g/mol. The van der Waals surface area contributed by atoms with Crippen LogP contribution in [0.2, 0.25) is 0 Å². The molecule has 5 nitrogen and oxygen atoms in total. The molecule has 1 rings (SSSR count). The summed E-state index contributed by atoms with van der Waals surface area (Å²) in [6.45, 7) is 4.10. The van der Waals surface area contributed by atoms with Gasteiger partial charge in [0.1, 0.15) is 0 Å². The molecule has 1 aliphatic rings. The molecule has 1 amide bonds. The maximum atomic E-state index is 11.4. The van der Waals surface area contributed by atoms with Crippen LogP contribution in [0.15, 0.2) is 12.7 Å². The van der Waals surface area contributed by atoms with Gasteiger partial charge in [0.15, 0.2) is 0 Å². The average Bonchev–Trinajstić information content (AvgIpc) is 2.66. The minimum Gasteiger partial charge on any atom is -0.338 e. The maximum absolute atomic E-state index is 11.4. The number of sulfonamides is 1. The van der Waals surface area contributed by atoms with Gasteiger partial charge >= 0.3 is 0 Å². The highest BCUT2D eigenvalue weighted by molar-refractivity contribution is 7.90. The van der Waals surface area contributed by atoms with E-state index in [1.165, 1.54) is 18.0 Å². The van der Waals surface area contributed by atoms with Crippen LogP contribution in [0.3, 0.4) is 0 Å². The highest BCUT2D eigenvalue weighted by atomic mass is 32.2. The molecule has 1 heterocycles. The van der Waals surface area contributed by atoms with Gasteiger partial charge in [-0.1, -0.05) is 6.58 Å². The Morgan fingerprint density at radius 2 is 2.29 bits per heavy atom. The van der Waals surface area contributed by atoms with Gasteiger partial charge in [-0.2, -0.15) is 0 Å². The molecule has 6 heteroatoms. The first-order valence-electron chi connectivity index (χ1n) is 4.35. The van der Waals surface area contributed by atoms with E-state index in [1.807, 2.05) is 0 Å². The number of carbonyl (C=O) groups is 1. The second-order valence-electron chi connectivity index (χ2n) is 3.15. The van der Waals surface area contributed by atoms with Crippen LogP contribution in [0.4, 0.5) is 0 Å². The first kappa shape index (κ1) is 11.2. The average molecular weight is 218 g/mol. The van der Waals surface area contributed by atoms with Crippen LogP contribution in [-0.4, -0.2) is 44.6 Å². The van der Waals surface area contributed by atoms with Crippen LogP contribution >= 0.6 is 0 Å². The van der Waals surface area contributed by atoms with Crippen molar-refractivity contribution in [3.8, 4) is 0 Å². The molecule has 1 N–H and O–H groups in total. The highest BCUT2D eigenvalue weighted by Gasteiger charge is 2.33. The monoisotopic (exact) mass is 218 g/mol. The lowest BCUT2D eigenvalue weighted by atomic mass is 10.4. The van der Waals surface area contributed by atoms with Gasteiger partial charge in [0.25, 0.3) is 0 Å². The minimum atomic E-state index is -3.25. The lowest BCUT2D eigenvalue weighted by Crippen LogP contribution is -2.35. The first-order valence-corrected chi connectivity index (χ1v) is 5.89. The van der Waals surface area contributed by atoms with Crippen molar-refractivity contribution in [2.75, 3.05) is 20.1 Å². The summed E-state index contributed by atoms with van der Waals surface area (Å²) in [6, 6.07) is 0. The van der Waals surface area contributed by atoms with Crippen LogP contribution in [0, 0.1) is 0 Å². The van der Waals surface area contributed by atoms with Gasteiger partial charge in [0, 0.05) is 13.1 Å². The third-order valence-electron chi connectivity index (χ3n) is 2.35. The normalized spacial score (nSPS) is 22.4. The highest BCUT2D eigenvalue weighted by Crippen LogP contribution is 2.15. The molecule has 0 aromatic carbocycles. The van der Waals surface area contributed by atoms with Crippen LogP contribution in [0.1, 0.15) is 6.42 Å². The molecule has 80 valence electrons. The lowest BCUT2D eigenvalue weighted by molar-refractivity contribution is -0.124. The Bertz CT molecular complexity index is 336. The van der Waals surface area contributed by atoms with E-state index in [9.17, 15) is 13.2 Å². The molecule has 1 aliphatic heterocycles. The molecule has 0 radical (unpaired) electrons. The van der Waals surface area contributed by atoms with Crippen molar-refractivity contribution >= 4 is 15.9 Å². The number of carbonyl (C=O) groups excluding carboxylic acids is 1. The van der Waals surface area contributed by atoms with E-state index in [4.69, 9.17) is 0 Å². The fraction of sp³-hybridized carbons (Fsp3) is 0.625. The molecule has 0 spiro atoms. The second kappa shape index (κ2) is 4.10. The van der Waals surface area contributed by atoms with E-state index >= 15 is 0 Å².